The second-order valence-electron chi connectivity index (χ2n) is 6.45. The van der Waals surface area contributed by atoms with Crippen LogP contribution in [0.3, 0.4) is 0 Å². The van der Waals surface area contributed by atoms with E-state index in [2.05, 4.69) is 10.5 Å². The molecular weight excluding hydrogens is 302 g/mol. The first-order chi connectivity index (χ1) is 11.7. The van der Waals surface area contributed by atoms with E-state index in [-0.39, 0.29) is 11.8 Å². The number of benzene rings is 1. The zero-order chi connectivity index (χ0) is 16.8. The lowest BCUT2D eigenvalue weighted by Crippen LogP contribution is -2.41. The molecule has 0 saturated carbocycles. The molecule has 1 aliphatic heterocycles. The van der Waals surface area contributed by atoms with Crippen LogP contribution in [0.4, 0.5) is 0 Å². The lowest BCUT2D eigenvalue weighted by Gasteiger charge is -2.26. The number of carbonyl (C=O) groups is 1. The normalized spacial score (nSPS) is 17.6. The van der Waals surface area contributed by atoms with E-state index in [0.29, 0.717) is 0 Å². The van der Waals surface area contributed by atoms with Crippen LogP contribution >= 0.6 is 0 Å². The number of hydrogen-bond donors (Lipinski definition) is 1. The molecule has 1 atom stereocenters. The summed E-state index contributed by atoms with van der Waals surface area (Å²) in [6.07, 6.45) is 3.76. The van der Waals surface area contributed by atoms with Gasteiger partial charge in [-0.05, 0) is 25.8 Å². The Balaban J connectivity index is 1.46. The predicted octanol–water partition coefficient (Wildman–Crippen LogP) is 2.73. The smallest absolute Gasteiger partial charge is 0.226 e. The minimum atomic E-state index is 0.138. The Morgan fingerprint density at radius 2 is 2.21 bits per heavy atom. The molecule has 5 heteroatoms. The fourth-order valence-corrected chi connectivity index (χ4v) is 3.15. The largest absolute Gasteiger partial charge is 0.361 e. The standard InChI is InChI=1S/C19H25N3O2/c1-22(19(23)16-9-5-11-20-14-16)12-6-10-17-13-18(21-24-17)15-7-3-2-4-8-15/h2-4,7-8,13,16,20H,5-6,9-12,14H2,1H3. The third-order valence-corrected chi connectivity index (χ3v) is 4.57. The minimum absolute atomic E-state index is 0.138. The van der Waals surface area contributed by atoms with Gasteiger partial charge in [0.15, 0.2) is 0 Å². The monoisotopic (exact) mass is 327 g/mol. The molecule has 5 nitrogen and oxygen atoms in total. The van der Waals surface area contributed by atoms with E-state index in [9.17, 15) is 4.79 Å². The Hall–Kier alpha value is -2.14. The first kappa shape index (κ1) is 16.7. The number of carbonyl (C=O) groups excluding carboxylic acids is 1. The predicted molar refractivity (Wildman–Crippen MR) is 93.5 cm³/mol. The van der Waals surface area contributed by atoms with Gasteiger partial charge in [0.2, 0.25) is 5.91 Å². The number of nitrogens with one attached hydrogen (secondary N) is 1. The molecule has 0 radical (unpaired) electrons. The topological polar surface area (TPSA) is 58.4 Å². The molecule has 0 bridgehead atoms. The average Bonchev–Trinajstić information content (AvgIpc) is 3.11. The van der Waals surface area contributed by atoms with E-state index in [0.717, 1.165) is 62.3 Å². The zero-order valence-corrected chi connectivity index (χ0v) is 14.2. The lowest BCUT2D eigenvalue weighted by molar-refractivity contribution is -0.134. The number of hydrogen-bond acceptors (Lipinski definition) is 4. The van der Waals surface area contributed by atoms with E-state index >= 15 is 0 Å². The fourth-order valence-electron chi connectivity index (χ4n) is 3.15. The van der Waals surface area contributed by atoms with Gasteiger partial charge in [0, 0.05) is 38.2 Å². The Kier molecular flexibility index (Phi) is 5.64. The van der Waals surface area contributed by atoms with Crippen molar-refractivity contribution in [1.82, 2.24) is 15.4 Å². The van der Waals surface area contributed by atoms with Crippen LogP contribution in [0.2, 0.25) is 0 Å². The maximum Gasteiger partial charge on any atom is 0.226 e. The van der Waals surface area contributed by atoms with Crippen molar-refractivity contribution in [2.75, 3.05) is 26.7 Å². The van der Waals surface area contributed by atoms with Gasteiger partial charge in [-0.1, -0.05) is 35.5 Å². The molecule has 1 unspecified atom stereocenters. The summed E-state index contributed by atoms with van der Waals surface area (Å²) < 4.78 is 5.41. The molecular formula is C19H25N3O2. The molecule has 3 rings (SSSR count). The summed E-state index contributed by atoms with van der Waals surface area (Å²) in [6, 6.07) is 12.0. The summed E-state index contributed by atoms with van der Waals surface area (Å²) in [7, 11) is 1.90. The maximum absolute atomic E-state index is 12.4. The average molecular weight is 327 g/mol. The highest BCUT2D eigenvalue weighted by Crippen LogP contribution is 2.19. The van der Waals surface area contributed by atoms with Crippen molar-refractivity contribution in [3.05, 3.63) is 42.2 Å². The summed E-state index contributed by atoms with van der Waals surface area (Å²) >= 11 is 0. The van der Waals surface area contributed by atoms with Crippen LogP contribution in [0.5, 0.6) is 0 Å². The number of aromatic nitrogens is 1. The van der Waals surface area contributed by atoms with Crippen molar-refractivity contribution in [3.8, 4) is 11.3 Å². The number of nitrogens with zero attached hydrogens (tertiary/aromatic N) is 2. The van der Waals surface area contributed by atoms with Crippen LogP contribution in [0.1, 0.15) is 25.0 Å². The molecule has 1 N–H and O–H groups in total. The first-order valence-corrected chi connectivity index (χ1v) is 8.71. The van der Waals surface area contributed by atoms with Crippen molar-refractivity contribution in [1.29, 1.82) is 0 Å². The Labute approximate surface area is 143 Å². The molecule has 1 aromatic carbocycles. The van der Waals surface area contributed by atoms with Crippen LogP contribution in [0, 0.1) is 5.92 Å². The molecule has 1 amide bonds. The summed E-state index contributed by atoms with van der Waals surface area (Å²) in [5, 5.41) is 7.43. The SMILES string of the molecule is CN(CCCc1cc(-c2ccccc2)no1)C(=O)C1CCCNC1. The van der Waals surface area contributed by atoms with Crippen LogP contribution in [0.25, 0.3) is 11.3 Å². The fraction of sp³-hybridized carbons (Fsp3) is 0.474. The van der Waals surface area contributed by atoms with Crippen molar-refractivity contribution >= 4 is 5.91 Å². The molecule has 1 fully saturated rings. The first-order valence-electron chi connectivity index (χ1n) is 8.71. The van der Waals surface area contributed by atoms with Crippen molar-refractivity contribution in [2.45, 2.75) is 25.7 Å². The van der Waals surface area contributed by atoms with Crippen molar-refractivity contribution < 1.29 is 9.32 Å². The molecule has 0 aliphatic carbocycles. The van der Waals surface area contributed by atoms with Gasteiger partial charge in [0.25, 0.3) is 0 Å². The quantitative estimate of drug-likeness (QED) is 0.886. The van der Waals surface area contributed by atoms with Gasteiger partial charge in [0.05, 0.1) is 5.92 Å². The highest BCUT2D eigenvalue weighted by atomic mass is 16.5. The maximum atomic E-state index is 12.4. The summed E-state index contributed by atoms with van der Waals surface area (Å²) in [5.74, 6) is 1.26. The Bertz CT molecular complexity index is 648. The summed E-state index contributed by atoms with van der Waals surface area (Å²) in [6.45, 7) is 2.59. The van der Waals surface area contributed by atoms with E-state index in [4.69, 9.17) is 4.52 Å². The molecule has 1 aliphatic rings. The van der Waals surface area contributed by atoms with Gasteiger partial charge in [-0.2, -0.15) is 0 Å². The van der Waals surface area contributed by atoms with Crippen molar-refractivity contribution in [3.63, 3.8) is 0 Å². The van der Waals surface area contributed by atoms with Gasteiger partial charge < -0.3 is 14.7 Å². The summed E-state index contributed by atoms with van der Waals surface area (Å²) in [4.78, 5) is 14.2. The molecule has 2 heterocycles. The van der Waals surface area contributed by atoms with Crippen molar-refractivity contribution in [2.24, 2.45) is 5.92 Å². The van der Waals surface area contributed by atoms with E-state index in [1.54, 1.807) is 0 Å². The Morgan fingerprint density at radius 3 is 2.96 bits per heavy atom. The highest BCUT2D eigenvalue weighted by molar-refractivity contribution is 5.78. The number of amides is 1. The highest BCUT2D eigenvalue weighted by Gasteiger charge is 2.23. The van der Waals surface area contributed by atoms with Crippen LogP contribution in [0.15, 0.2) is 40.9 Å². The van der Waals surface area contributed by atoms with Gasteiger partial charge in [-0.25, -0.2) is 0 Å². The van der Waals surface area contributed by atoms with Gasteiger partial charge >= 0.3 is 0 Å². The van der Waals surface area contributed by atoms with E-state index in [1.165, 1.54) is 0 Å². The molecule has 0 spiro atoms. The number of aryl methyl sites for hydroxylation is 1. The van der Waals surface area contributed by atoms with Gasteiger partial charge in [-0.3, -0.25) is 4.79 Å². The number of rotatable bonds is 6. The molecule has 1 aromatic heterocycles. The summed E-state index contributed by atoms with van der Waals surface area (Å²) in [5.41, 5.74) is 1.92. The van der Waals surface area contributed by atoms with Crippen LogP contribution < -0.4 is 5.32 Å². The Morgan fingerprint density at radius 1 is 1.38 bits per heavy atom. The molecule has 24 heavy (non-hydrogen) atoms. The van der Waals surface area contributed by atoms with E-state index in [1.807, 2.05) is 48.3 Å². The molecule has 1 saturated heterocycles. The molecule has 2 aromatic rings. The third-order valence-electron chi connectivity index (χ3n) is 4.57. The number of piperidine rings is 1. The lowest BCUT2D eigenvalue weighted by atomic mass is 9.98. The second kappa shape index (κ2) is 8.11. The van der Waals surface area contributed by atoms with Gasteiger partial charge in [0.1, 0.15) is 11.5 Å². The second-order valence-corrected chi connectivity index (χ2v) is 6.45. The zero-order valence-electron chi connectivity index (χ0n) is 14.2. The third kappa shape index (κ3) is 4.23. The van der Waals surface area contributed by atoms with E-state index < -0.39 is 0 Å². The minimum Gasteiger partial charge on any atom is -0.361 e. The molecule has 128 valence electrons. The van der Waals surface area contributed by atoms with Gasteiger partial charge in [-0.15, -0.1) is 0 Å². The van der Waals surface area contributed by atoms with Crippen LogP contribution in [-0.4, -0.2) is 42.6 Å². The van der Waals surface area contributed by atoms with Crippen LogP contribution in [-0.2, 0) is 11.2 Å².